The van der Waals surface area contributed by atoms with Gasteiger partial charge in [-0.25, -0.2) is 4.79 Å². The van der Waals surface area contributed by atoms with Gasteiger partial charge in [-0.15, -0.1) is 0 Å². The summed E-state index contributed by atoms with van der Waals surface area (Å²) in [6, 6.07) is 0. The molecule has 1 rings (SSSR count). The molecule has 0 aliphatic carbocycles. The molecule has 18 heavy (non-hydrogen) atoms. The number of rotatable bonds is 2. The second kappa shape index (κ2) is 6.06. The fourth-order valence-corrected chi connectivity index (χ4v) is 1.47. The van der Waals surface area contributed by atoms with Crippen LogP contribution in [0.5, 0.6) is 0 Å². The molecule has 0 aromatic rings. The zero-order valence-corrected chi connectivity index (χ0v) is 11.0. The molecule has 0 radical (unpaired) electrons. The van der Waals surface area contributed by atoms with Crippen molar-refractivity contribution >= 4 is 40.8 Å². The lowest BCUT2D eigenvalue weighted by Crippen LogP contribution is -2.59. The van der Waals surface area contributed by atoms with Crippen molar-refractivity contribution < 1.29 is 34.7 Å². The van der Waals surface area contributed by atoms with E-state index in [1.807, 2.05) is 0 Å². The quantitative estimate of drug-likeness (QED) is 0.368. The molecule has 0 aromatic heterocycles. The number of ether oxygens (including phenoxy) is 2. The largest absolute Gasteiger partial charge is 0.430 e. The average Bonchev–Trinajstić information content (AvgIpc) is 2.28. The monoisotopic (exact) mass is 324 g/mol. The van der Waals surface area contributed by atoms with Crippen molar-refractivity contribution in [1.29, 1.82) is 0 Å². The minimum absolute atomic E-state index is 0.660. The Labute approximate surface area is 117 Å². The first-order valence-electron chi connectivity index (χ1n) is 4.76. The Morgan fingerprint density at radius 2 is 1.72 bits per heavy atom. The van der Waals surface area contributed by atoms with Gasteiger partial charge in [0.2, 0.25) is 6.29 Å². The molecule has 5 atom stereocenters. The van der Waals surface area contributed by atoms with E-state index in [9.17, 15) is 20.1 Å². The molecule has 1 aliphatic heterocycles. The van der Waals surface area contributed by atoms with Crippen molar-refractivity contribution in [3.05, 3.63) is 0 Å². The van der Waals surface area contributed by atoms with Crippen molar-refractivity contribution in [2.75, 3.05) is 6.61 Å². The van der Waals surface area contributed by atoms with Crippen LogP contribution in [-0.4, -0.2) is 67.5 Å². The van der Waals surface area contributed by atoms with Gasteiger partial charge in [-0.05, 0) is 0 Å². The molecule has 1 heterocycles. The fourth-order valence-electron chi connectivity index (χ4n) is 1.34. The van der Waals surface area contributed by atoms with E-state index >= 15 is 0 Å². The Balaban J connectivity index is 2.74. The van der Waals surface area contributed by atoms with E-state index in [0.29, 0.717) is 0 Å². The van der Waals surface area contributed by atoms with Crippen molar-refractivity contribution in [1.82, 2.24) is 0 Å². The summed E-state index contributed by atoms with van der Waals surface area (Å²) in [5.41, 5.74) is 0. The summed E-state index contributed by atoms with van der Waals surface area (Å²) in [5.74, 6) is -1.32. The first-order valence-corrected chi connectivity index (χ1v) is 5.90. The van der Waals surface area contributed by atoms with Crippen molar-refractivity contribution in [2.45, 2.75) is 34.5 Å². The zero-order valence-electron chi connectivity index (χ0n) is 8.74. The SMILES string of the molecule is O=C(O[C@H]1O[C@H](CO)[C@H](O)[C@H](O)[C@H]1O)C(Cl)(Cl)Cl. The van der Waals surface area contributed by atoms with Gasteiger partial charge in [-0.2, -0.15) is 0 Å². The van der Waals surface area contributed by atoms with Crippen LogP contribution in [0.2, 0.25) is 0 Å². The highest BCUT2D eigenvalue weighted by molar-refractivity contribution is 6.75. The normalized spacial score (nSPS) is 37.4. The third-order valence-electron chi connectivity index (χ3n) is 2.30. The van der Waals surface area contributed by atoms with E-state index in [0.717, 1.165) is 0 Å². The summed E-state index contributed by atoms with van der Waals surface area (Å²) < 4.78 is 7.02. The number of carbonyl (C=O) groups excluding carboxylic acids is 1. The lowest BCUT2D eigenvalue weighted by Gasteiger charge is -2.39. The van der Waals surface area contributed by atoms with E-state index in [1.165, 1.54) is 0 Å². The predicted octanol–water partition coefficient (Wildman–Crippen LogP) is -1.30. The second-order valence-corrected chi connectivity index (χ2v) is 5.88. The van der Waals surface area contributed by atoms with Crippen LogP contribution in [0.25, 0.3) is 0 Å². The maximum Gasteiger partial charge on any atom is 0.360 e. The van der Waals surface area contributed by atoms with E-state index in [2.05, 4.69) is 4.74 Å². The highest BCUT2D eigenvalue weighted by Gasteiger charge is 2.47. The number of hydrogen-bond donors (Lipinski definition) is 4. The maximum atomic E-state index is 11.2. The van der Waals surface area contributed by atoms with E-state index in [1.54, 1.807) is 0 Å². The maximum absolute atomic E-state index is 11.2. The van der Waals surface area contributed by atoms with Crippen LogP contribution >= 0.6 is 34.8 Å². The van der Waals surface area contributed by atoms with Crippen LogP contribution in [0.1, 0.15) is 0 Å². The summed E-state index contributed by atoms with van der Waals surface area (Å²) in [5, 5.41) is 37.3. The number of alkyl halides is 3. The average molecular weight is 326 g/mol. The summed E-state index contributed by atoms with van der Waals surface area (Å²) in [6.07, 6.45) is -7.85. The Morgan fingerprint density at radius 1 is 1.17 bits per heavy atom. The molecule has 0 unspecified atom stereocenters. The minimum atomic E-state index is -2.38. The molecule has 7 nitrogen and oxygen atoms in total. The number of halogens is 3. The smallest absolute Gasteiger partial charge is 0.360 e. The van der Waals surface area contributed by atoms with Crippen LogP contribution in [-0.2, 0) is 14.3 Å². The Morgan fingerprint density at radius 3 is 2.17 bits per heavy atom. The van der Waals surface area contributed by atoms with Crippen molar-refractivity contribution in [2.24, 2.45) is 0 Å². The van der Waals surface area contributed by atoms with E-state index in [4.69, 9.17) is 44.6 Å². The standard InChI is InChI=1S/C8H11Cl3O7/c9-8(10,11)7(16)18-6-5(15)4(14)3(13)2(1-12)17-6/h2-6,12-15H,1H2/t2-,3+,4+,5-,6-/m1/s1. The van der Waals surface area contributed by atoms with Gasteiger partial charge in [-0.3, -0.25) is 0 Å². The van der Waals surface area contributed by atoms with Crippen LogP contribution in [0, 0.1) is 0 Å². The Hall–Kier alpha value is 0.140. The fraction of sp³-hybridized carbons (Fsp3) is 0.875. The lowest BCUT2D eigenvalue weighted by atomic mass is 9.99. The first kappa shape index (κ1) is 16.2. The molecule has 10 heteroatoms. The molecule has 4 N–H and O–H groups in total. The second-order valence-electron chi connectivity index (χ2n) is 3.60. The topological polar surface area (TPSA) is 116 Å². The molecule has 0 bridgehead atoms. The third-order valence-corrected chi connectivity index (χ3v) is 2.77. The first-order chi connectivity index (χ1) is 8.18. The summed E-state index contributed by atoms with van der Waals surface area (Å²) in [7, 11) is 0. The molecule has 1 saturated heterocycles. The highest BCUT2D eigenvalue weighted by atomic mass is 35.6. The molecule has 0 saturated carbocycles. The van der Waals surface area contributed by atoms with Gasteiger partial charge in [0.05, 0.1) is 6.61 Å². The van der Waals surface area contributed by atoms with Crippen LogP contribution in [0.15, 0.2) is 0 Å². The van der Waals surface area contributed by atoms with Gasteiger partial charge < -0.3 is 29.9 Å². The summed E-state index contributed by atoms with van der Waals surface area (Å²) >= 11 is 15.7. The zero-order chi connectivity index (χ0) is 14.1. The Kier molecular flexibility index (Phi) is 5.45. The third kappa shape index (κ3) is 3.58. The molecule has 1 aliphatic rings. The van der Waals surface area contributed by atoms with Crippen LogP contribution in [0.4, 0.5) is 0 Å². The molecular formula is C8H11Cl3O7. The van der Waals surface area contributed by atoms with E-state index in [-0.39, 0.29) is 0 Å². The van der Waals surface area contributed by atoms with Gasteiger partial charge in [0, 0.05) is 0 Å². The molecule has 1 fully saturated rings. The van der Waals surface area contributed by atoms with Gasteiger partial charge in [0.1, 0.15) is 24.4 Å². The number of esters is 1. The minimum Gasteiger partial charge on any atom is -0.430 e. The number of hydrogen-bond acceptors (Lipinski definition) is 7. The van der Waals surface area contributed by atoms with Crippen molar-refractivity contribution in [3.8, 4) is 0 Å². The molecule has 0 spiro atoms. The van der Waals surface area contributed by atoms with Gasteiger partial charge in [-0.1, -0.05) is 34.8 Å². The summed E-state index contributed by atoms with van der Waals surface area (Å²) in [4.78, 5) is 11.2. The number of aliphatic hydroxyl groups is 4. The van der Waals surface area contributed by atoms with Crippen molar-refractivity contribution in [3.63, 3.8) is 0 Å². The molecule has 0 aromatic carbocycles. The molecule has 106 valence electrons. The van der Waals surface area contributed by atoms with Gasteiger partial charge in [0.15, 0.2) is 0 Å². The molecule has 0 amide bonds. The lowest BCUT2D eigenvalue weighted by molar-refractivity contribution is -0.292. The number of aliphatic hydroxyl groups excluding tert-OH is 4. The molecular weight excluding hydrogens is 314 g/mol. The highest BCUT2D eigenvalue weighted by Crippen LogP contribution is 2.30. The van der Waals surface area contributed by atoms with Crippen LogP contribution < -0.4 is 0 Å². The predicted molar refractivity (Wildman–Crippen MR) is 60.1 cm³/mol. The number of carbonyl (C=O) groups is 1. The van der Waals surface area contributed by atoms with Gasteiger partial charge >= 0.3 is 5.97 Å². The Bertz CT molecular complexity index is 306. The van der Waals surface area contributed by atoms with Crippen LogP contribution in [0.3, 0.4) is 0 Å². The summed E-state index contributed by atoms with van der Waals surface area (Å²) in [6.45, 7) is -0.660. The van der Waals surface area contributed by atoms with Gasteiger partial charge in [0.25, 0.3) is 3.79 Å². The van der Waals surface area contributed by atoms with E-state index < -0.39 is 47.1 Å².